The van der Waals surface area contributed by atoms with Gasteiger partial charge in [-0.3, -0.25) is 0 Å². The van der Waals surface area contributed by atoms with Gasteiger partial charge >= 0.3 is 0 Å². The van der Waals surface area contributed by atoms with E-state index in [1.54, 1.807) is 0 Å². The molecule has 0 saturated heterocycles. The Hall–Kier alpha value is -0.250. The van der Waals surface area contributed by atoms with Crippen LogP contribution in [-0.2, 0) is 6.54 Å². The molecule has 0 saturated carbocycles. The maximum Gasteiger partial charge on any atom is 0.0595 e. The van der Waals surface area contributed by atoms with Crippen molar-refractivity contribution in [3.05, 3.63) is 67.1 Å². The minimum atomic E-state index is 0.153. The fraction of sp³-hybridized carbons (Fsp3) is 0.200. The van der Waals surface area contributed by atoms with Gasteiger partial charge in [-0.15, -0.1) is 0 Å². The highest BCUT2D eigenvalue weighted by atomic mass is 79.9. The van der Waals surface area contributed by atoms with Crippen molar-refractivity contribution >= 4 is 50.7 Å². The molecule has 0 aliphatic carbocycles. The van der Waals surface area contributed by atoms with Gasteiger partial charge in [-0.2, -0.15) is 0 Å². The molecule has 1 nitrogen and oxygen atoms in total. The molecule has 20 heavy (non-hydrogen) atoms. The van der Waals surface area contributed by atoms with Crippen LogP contribution in [0.3, 0.4) is 0 Å². The van der Waals surface area contributed by atoms with Crippen molar-refractivity contribution in [2.75, 3.05) is 0 Å². The van der Waals surface area contributed by atoms with Crippen molar-refractivity contribution in [3.8, 4) is 0 Å². The summed E-state index contributed by atoms with van der Waals surface area (Å²) in [5.74, 6) is 0. The molecule has 0 amide bonds. The van der Waals surface area contributed by atoms with E-state index in [0.717, 1.165) is 20.6 Å². The Morgan fingerprint density at radius 2 is 1.70 bits per heavy atom. The molecule has 0 radical (unpaired) electrons. The Morgan fingerprint density at radius 3 is 2.40 bits per heavy atom. The van der Waals surface area contributed by atoms with Crippen LogP contribution in [0, 0.1) is 0 Å². The average molecular weight is 394 g/mol. The summed E-state index contributed by atoms with van der Waals surface area (Å²) in [7, 11) is 0. The minimum absolute atomic E-state index is 0.153. The number of hydrogen-bond donors (Lipinski definition) is 1. The van der Waals surface area contributed by atoms with Crippen LogP contribution >= 0.6 is 50.7 Å². The highest BCUT2D eigenvalue weighted by molar-refractivity contribution is 9.10. The number of halogens is 4. The second-order valence-electron chi connectivity index (χ2n) is 4.51. The van der Waals surface area contributed by atoms with Gasteiger partial charge in [0.1, 0.15) is 0 Å². The molecular formula is C15H13BrCl3N. The number of hydrogen-bond acceptors (Lipinski definition) is 1. The molecular weight excluding hydrogens is 380 g/mol. The predicted octanol–water partition coefficient (Wildman–Crippen LogP) is 6.26. The van der Waals surface area contributed by atoms with Gasteiger partial charge in [0.25, 0.3) is 0 Å². The molecule has 0 aliphatic heterocycles. The second-order valence-corrected chi connectivity index (χ2v) is 6.65. The van der Waals surface area contributed by atoms with Gasteiger partial charge in [0.2, 0.25) is 0 Å². The Kier molecular flexibility index (Phi) is 5.76. The summed E-state index contributed by atoms with van der Waals surface area (Å²) in [5.41, 5.74) is 2.14. The van der Waals surface area contributed by atoms with Crippen LogP contribution in [0.5, 0.6) is 0 Å². The maximum absolute atomic E-state index is 6.17. The molecule has 1 N–H and O–H groups in total. The highest BCUT2D eigenvalue weighted by Crippen LogP contribution is 2.26. The van der Waals surface area contributed by atoms with Gasteiger partial charge in [0.05, 0.1) is 10.0 Å². The summed E-state index contributed by atoms with van der Waals surface area (Å²) >= 11 is 21.6. The molecule has 0 fully saturated rings. The van der Waals surface area contributed by atoms with Gasteiger partial charge < -0.3 is 5.32 Å². The van der Waals surface area contributed by atoms with Crippen molar-refractivity contribution in [1.29, 1.82) is 0 Å². The summed E-state index contributed by atoms with van der Waals surface area (Å²) in [4.78, 5) is 0. The van der Waals surface area contributed by atoms with E-state index < -0.39 is 0 Å². The SMILES string of the molecule is CC(NCc1cc(Br)ccc1Cl)c1ccc(Cl)c(Cl)c1. The van der Waals surface area contributed by atoms with E-state index in [9.17, 15) is 0 Å². The largest absolute Gasteiger partial charge is 0.306 e. The highest BCUT2D eigenvalue weighted by Gasteiger charge is 2.08. The van der Waals surface area contributed by atoms with E-state index in [1.165, 1.54) is 0 Å². The molecule has 0 bridgehead atoms. The summed E-state index contributed by atoms with van der Waals surface area (Å²) < 4.78 is 1.01. The standard InChI is InChI=1S/C15H13BrCl3N/c1-9(10-2-4-14(18)15(19)7-10)20-8-11-6-12(16)3-5-13(11)17/h2-7,9,20H,8H2,1H3. The van der Waals surface area contributed by atoms with Gasteiger partial charge in [0.15, 0.2) is 0 Å². The van der Waals surface area contributed by atoms with Gasteiger partial charge in [-0.1, -0.05) is 56.8 Å². The predicted molar refractivity (Wildman–Crippen MR) is 90.9 cm³/mol. The molecule has 2 aromatic rings. The average Bonchev–Trinajstić information content (AvgIpc) is 2.42. The first-order valence-corrected chi connectivity index (χ1v) is 8.02. The fourth-order valence-electron chi connectivity index (χ4n) is 1.84. The van der Waals surface area contributed by atoms with Crippen molar-refractivity contribution < 1.29 is 0 Å². The first-order chi connectivity index (χ1) is 9.47. The number of benzene rings is 2. The van der Waals surface area contributed by atoms with E-state index in [2.05, 4.69) is 28.2 Å². The zero-order valence-electron chi connectivity index (χ0n) is 10.8. The number of nitrogens with one attached hydrogen (secondary N) is 1. The number of rotatable bonds is 4. The van der Waals surface area contributed by atoms with E-state index in [1.807, 2.05) is 36.4 Å². The van der Waals surface area contributed by atoms with Gasteiger partial charge in [-0.25, -0.2) is 0 Å². The Bertz CT molecular complexity index is 616. The van der Waals surface area contributed by atoms with E-state index in [4.69, 9.17) is 34.8 Å². The Labute approximate surface area is 142 Å². The summed E-state index contributed by atoms with van der Waals surface area (Å²) in [6, 6.07) is 11.6. The van der Waals surface area contributed by atoms with Crippen LogP contribution in [0.1, 0.15) is 24.1 Å². The molecule has 0 heterocycles. The van der Waals surface area contributed by atoms with Crippen LogP contribution in [0.25, 0.3) is 0 Å². The maximum atomic E-state index is 6.17. The molecule has 106 valence electrons. The summed E-state index contributed by atoms with van der Waals surface area (Å²) in [6.45, 7) is 2.76. The topological polar surface area (TPSA) is 12.0 Å². The van der Waals surface area contributed by atoms with Gasteiger partial charge in [-0.05, 0) is 48.4 Å². The quantitative estimate of drug-likeness (QED) is 0.646. The molecule has 1 unspecified atom stereocenters. The smallest absolute Gasteiger partial charge is 0.0595 e. The molecule has 0 aromatic heterocycles. The molecule has 1 atom stereocenters. The van der Waals surface area contributed by atoms with E-state index >= 15 is 0 Å². The lowest BCUT2D eigenvalue weighted by Crippen LogP contribution is -2.18. The third-order valence-corrected chi connectivity index (χ3v) is 4.65. The summed E-state index contributed by atoms with van der Waals surface area (Å²) in [5, 5.41) is 5.31. The van der Waals surface area contributed by atoms with Gasteiger partial charge in [0, 0.05) is 22.1 Å². The zero-order valence-corrected chi connectivity index (χ0v) is 14.6. The lowest BCUT2D eigenvalue weighted by Gasteiger charge is -2.16. The Balaban J connectivity index is 2.06. The lowest BCUT2D eigenvalue weighted by atomic mass is 10.1. The summed E-state index contributed by atoms with van der Waals surface area (Å²) in [6.07, 6.45) is 0. The molecule has 0 aliphatic rings. The lowest BCUT2D eigenvalue weighted by molar-refractivity contribution is 0.575. The van der Waals surface area contributed by atoms with E-state index in [0.29, 0.717) is 16.6 Å². The fourth-order valence-corrected chi connectivity index (χ4v) is 2.74. The van der Waals surface area contributed by atoms with Crippen molar-refractivity contribution in [2.45, 2.75) is 19.5 Å². The van der Waals surface area contributed by atoms with Crippen LogP contribution < -0.4 is 5.32 Å². The zero-order chi connectivity index (χ0) is 14.7. The second kappa shape index (κ2) is 7.15. The van der Waals surface area contributed by atoms with Crippen LogP contribution in [0.2, 0.25) is 15.1 Å². The molecule has 2 aromatic carbocycles. The first-order valence-electron chi connectivity index (χ1n) is 6.09. The third-order valence-electron chi connectivity index (χ3n) is 3.05. The molecule has 5 heteroatoms. The Morgan fingerprint density at radius 1 is 1.00 bits per heavy atom. The molecule has 2 rings (SSSR count). The normalized spacial score (nSPS) is 12.4. The van der Waals surface area contributed by atoms with Crippen LogP contribution in [-0.4, -0.2) is 0 Å². The van der Waals surface area contributed by atoms with Crippen molar-refractivity contribution in [2.24, 2.45) is 0 Å². The molecule has 0 spiro atoms. The van der Waals surface area contributed by atoms with Crippen molar-refractivity contribution in [3.63, 3.8) is 0 Å². The third kappa shape index (κ3) is 4.12. The first kappa shape index (κ1) is 16.1. The minimum Gasteiger partial charge on any atom is -0.306 e. The van der Waals surface area contributed by atoms with E-state index in [-0.39, 0.29) is 6.04 Å². The monoisotopic (exact) mass is 391 g/mol. The van der Waals surface area contributed by atoms with Crippen LogP contribution in [0.15, 0.2) is 40.9 Å². The van der Waals surface area contributed by atoms with Crippen LogP contribution in [0.4, 0.5) is 0 Å². The van der Waals surface area contributed by atoms with Crippen molar-refractivity contribution in [1.82, 2.24) is 5.32 Å².